The van der Waals surface area contributed by atoms with Crippen LogP contribution in [0.3, 0.4) is 0 Å². The minimum atomic E-state index is -0.0163. The molecule has 1 unspecified atom stereocenters. The number of methoxy groups -OCH3 is 1. The van der Waals surface area contributed by atoms with Crippen molar-refractivity contribution in [2.45, 2.75) is 45.1 Å². The fourth-order valence-electron chi connectivity index (χ4n) is 3.21. The highest BCUT2D eigenvalue weighted by Gasteiger charge is 2.45. The second kappa shape index (κ2) is 5.41. The highest BCUT2D eigenvalue weighted by Crippen LogP contribution is 2.45. The fourth-order valence-corrected chi connectivity index (χ4v) is 3.21. The van der Waals surface area contributed by atoms with Crippen molar-refractivity contribution in [1.82, 2.24) is 0 Å². The maximum Gasteiger partial charge on any atom is 0.120 e. The molecule has 1 aliphatic rings. The SMILES string of the molecule is COc1cccc(NC2(CN)CCCCC2(C)C)c1. The smallest absolute Gasteiger partial charge is 0.120 e. The topological polar surface area (TPSA) is 47.3 Å². The standard InChI is InChI=1S/C16H26N2O/c1-15(2)9-4-5-10-16(15,12-17)18-13-7-6-8-14(11-13)19-3/h6-8,11,18H,4-5,9-10,12,17H2,1-3H3. The van der Waals surface area contributed by atoms with Crippen LogP contribution in [0, 0.1) is 5.41 Å². The molecule has 2 rings (SSSR count). The number of hydrogen-bond donors (Lipinski definition) is 2. The summed E-state index contributed by atoms with van der Waals surface area (Å²) < 4.78 is 5.29. The number of ether oxygens (including phenoxy) is 1. The van der Waals surface area contributed by atoms with Gasteiger partial charge in [-0.25, -0.2) is 0 Å². The Labute approximate surface area is 116 Å². The Morgan fingerprint density at radius 3 is 2.63 bits per heavy atom. The summed E-state index contributed by atoms with van der Waals surface area (Å²) in [5.41, 5.74) is 7.43. The molecule has 0 heterocycles. The van der Waals surface area contributed by atoms with Gasteiger partial charge >= 0.3 is 0 Å². The lowest BCUT2D eigenvalue weighted by Gasteiger charge is -2.51. The number of rotatable bonds is 4. The van der Waals surface area contributed by atoms with Crippen LogP contribution in [-0.2, 0) is 0 Å². The number of hydrogen-bond acceptors (Lipinski definition) is 3. The summed E-state index contributed by atoms with van der Waals surface area (Å²) in [5.74, 6) is 0.880. The molecule has 3 nitrogen and oxygen atoms in total. The van der Waals surface area contributed by atoms with Gasteiger partial charge < -0.3 is 15.8 Å². The molecule has 19 heavy (non-hydrogen) atoms. The van der Waals surface area contributed by atoms with Crippen molar-refractivity contribution in [2.75, 3.05) is 19.0 Å². The second-order valence-electron chi connectivity index (χ2n) is 6.23. The largest absolute Gasteiger partial charge is 0.497 e. The van der Waals surface area contributed by atoms with Crippen molar-refractivity contribution in [3.05, 3.63) is 24.3 Å². The van der Waals surface area contributed by atoms with E-state index in [0.29, 0.717) is 6.54 Å². The monoisotopic (exact) mass is 262 g/mol. The lowest BCUT2D eigenvalue weighted by Crippen LogP contribution is -2.58. The summed E-state index contributed by atoms with van der Waals surface area (Å²) in [7, 11) is 1.70. The zero-order valence-corrected chi connectivity index (χ0v) is 12.3. The van der Waals surface area contributed by atoms with Gasteiger partial charge in [-0.1, -0.05) is 32.8 Å². The van der Waals surface area contributed by atoms with Crippen molar-refractivity contribution in [2.24, 2.45) is 11.1 Å². The van der Waals surface area contributed by atoms with Crippen LogP contribution >= 0.6 is 0 Å². The zero-order valence-electron chi connectivity index (χ0n) is 12.3. The van der Waals surface area contributed by atoms with Crippen LogP contribution in [-0.4, -0.2) is 19.2 Å². The van der Waals surface area contributed by atoms with Crippen LogP contribution < -0.4 is 15.8 Å². The molecule has 0 aliphatic heterocycles. The van der Waals surface area contributed by atoms with Gasteiger partial charge in [0, 0.05) is 18.3 Å². The first-order chi connectivity index (χ1) is 9.03. The fraction of sp³-hybridized carbons (Fsp3) is 0.625. The van der Waals surface area contributed by atoms with Crippen molar-refractivity contribution in [1.29, 1.82) is 0 Å². The zero-order chi connectivity index (χ0) is 13.9. The average molecular weight is 262 g/mol. The van der Waals surface area contributed by atoms with Gasteiger partial charge in [0.15, 0.2) is 0 Å². The van der Waals surface area contributed by atoms with E-state index in [-0.39, 0.29) is 11.0 Å². The Hall–Kier alpha value is -1.22. The summed E-state index contributed by atoms with van der Waals surface area (Å²) in [6.45, 7) is 5.32. The minimum Gasteiger partial charge on any atom is -0.497 e. The van der Waals surface area contributed by atoms with Gasteiger partial charge in [0.05, 0.1) is 12.6 Å². The molecule has 0 radical (unpaired) electrons. The first kappa shape index (κ1) is 14.2. The Morgan fingerprint density at radius 2 is 2.00 bits per heavy atom. The molecular weight excluding hydrogens is 236 g/mol. The number of benzene rings is 1. The molecule has 1 aliphatic carbocycles. The Balaban J connectivity index is 2.26. The first-order valence-electron chi connectivity index (χ1n) is 7.15. The number of nitrogens with two attached hydrogens (primary N) is 1. The molecule has 0 aromatic heterocycles. The highest BCUT2D eigenvalue weighted by atomic mass is 16.5. The summed E-state index contributed by atoms with van der Waals surface area (Å²) in [4.78, 5) is 0. The molecule has 1 atom stereocenters. The Bertz CT molecular complexity index is 431. The van der Waals surface area contributed by atoms with Crippen LogP contribution in [0.2, 0.25) is 0 Å². The molecule has 1 fully saturated rings. The van der Waals surface area contributed by atoms with Crippen LogP contribution in [0.1, 0.15) is 39.5 Å². The van der Waals surface area contributed by atoms with E-state index in [9.17, 15) is 0 Å². The molecular formula is C16H26N2O. The van der Waals surface area contributed by atoms with Gasteiger partial charge in [0.25, 0.3) is 0 Å². The Kier molecular flexibility index (Phi) is 4.04. The molecule has 0 amide bonds. The lowest BCUT2D eigenvalue weighted by atomic mass is 9.63. The quantitative estimate of drug-likeness (QED) is 0.874. The van der Waals surface area contributed by atoms with Gasteiger partial charge in [-0.05, 0) is 30.4 Å². The van der Waals surface area contributed by atoms with Gasteiger partial charge in [0.1, 0.15) is 5.75 Å². The normalized spacial score (nSPS) is 25.9. The van der Waals surface area contributed by atoms with E-state index >= 15 is 0 Å². The van der Waals surface area contributed by atoms with E-state index in [4.69, 9.17) is 10.5 Å². The molecule has 3 heteroatoms. The van der Waals surface area contributed by atoms with E-state index in [1.54, 1.807) is 7.11 Å². The van der Waals surface area contributed by atoms with E-state index in [0.717, 1.165) is 17.9 Å². The van der Waals surface area contributed by atoms with Crippen molar-refractivity contribution >= 4 is 5.69 Å². The van der Waals surface area contributed by atoms with E-state index in [1.807, 2.05) is 18.2 Å². The maximum atomic E-state index is 6.14. The van der Waals surface area contributed by atoms with Crippen molar-refractivity contribution in [3.8, 4) is 5.75 Å². The second-order valence-corrected chi connectivity index (χ2v) is 6.23. The number of anilines is 1. The summed E-state index contributed by atoms with van der Waals surface area (Å²) in [6.07, 6.45) is 4.90. The average Bonchev–Trinajstić information content (AvgIpc) is 2.41. The molecule has 1 saturated carbocycles. The third kappa shape index (κ3) is 2.71. The number of nitrogens with one attached hydrogen (secondary N) is 1. The van der Waals surface area contributed by atoms with Gasteiger partial charge in [-0.3, -0.25) is 0 Å². The first-order valence-corrected chi connectivity index (χ1v) is 7.15. The predicted molar refractivity (Wildman–Crippen MR) is 80.7 cm³/mol. The van der Waals surface area contributed by atoms with Crippen LogP contribution in [0.25, 0.3) is 0 Å². The molecule has 0 spiro atoms. The molecule has 0 bridgehead atoms. The third-order valence-corrected chi connectivity index (χ3v) is 4.75. The highest BCUT2D eigenvalue weighted by molar-refractivity contribution is 5.51. The molecule has 106 valence electrons. The Morgan fingerprint density at radius 1 is 1.26 bits per heavy atom. The molecule has 0 saturated heterocycles. The van der Waals surface area contributed by atoms with Crippen LogP contribution in [0.15, 0.2) is 24.3 Å². The van der Waals surface area contributed by atoms with Gasteiger partial charge in [0.2, 0.25) is 0 Å². The van der Waals surface area contributed by atoms with E-state index in [1.165, 1.54) is 19.3 Å². The predicted octanol–water partition coefficient (Wildman–Crippen LogP) is 3.40. The van der Waals surface area contributed by atoms with Crippen LogP contribution in [0.4, 0.5) is 5.69 Å². The summed E-state index contributed by atoms with van der Waals surface area (Å²) in [5, 5.41) is 3.70. The van der Waals surface area contributed by atoms with Crippen molar-refractivity contribution in [3.63, 3.8) is 0 Å². The van der Waals surface area contributed by atoms with Gasteiger partial charge in [-0.15, -0.1) is 0 Å². The summed E-state index contributed by atoms with van der Waals surface area (Å²) in [6, 6.07) is 8.11. The third-order valence-electron chi connectivity index (χ3n) is 4.75. The lowest BCUT2D eigenvalue weighted by molar-refractivity contribution is 0.125. The molecule has 1 aromatic carbocycles. The molecule has 1 aromatic rings. The van der Waals surface area contributed by atoms with Crippen LogP contribution in [0.5, 0.6) is 5.75 Å². The van der Waals surface area contributed by atoms with Crippen molar-refractivity contribution < 1.29 is 4.74 Å². The van der Waals surface area contributed by atoms with E-state index < -0.39 is 0 Å². The van der Waals surface area contributed by atoms with Gasteiger partial charge in [-0.2, -0.15) is 0 Å². The summed E-state index contributed by atoms with van der Waals surface area (Å²) >= 11 is 0. The minimum absolute atomic E-state index is 0.0163. The molecule has 3 N–H and O–H groups in total. The maximum absolute atomic E-state index is 6.14. The van der Waals surface area contributed by atoms with E-state index in [2.05, 4.69) is 25.2 Å².